The maximum atomic E-state index is 13.3. The number of rotatable bonds is 30. The molecule has 3 aliphatic carbocycles. The zero-order chi connectivity index (χ0) is 85.8. The van der Waals surface area contributed by atoms with Crippen molar-refractivity contribution in [3.63, 3.8) is 0 Å². The number of nitrogens with one attached hydrogen (secondary N) is 5. The lowest BCUT2D eigenvalue weighted by Gasteiger charge is -2.31. The maximum absolute atomic E-state index is 13.3. The Morgan fingerprint density at radius 2 is 0.570 bits per heavy atom. The molecule has 0 radical (unpaired) electrons. The summed E-state index contributed by atoms with van der Waals surface area (Å²) in [6.45, 7) is 40.1. The number of carbonyl (C=O) groups excluding carboxylic acids is 5. The quantitative estimate of drug-likeness (QED) is 0.0218. The summed E-state index contributed by atoms with van der Waals surface area (Å²) >= 11 is 0. The lowest BCUT2D eigenvalue weighted by molar-refractivity contribution is -0.137. The van der Waals surface area contributed by atoms with Gasteiger partial charge in [0.1, 0.15) is 88.7 Å². The maximum Gasteiger partial charge on any atom is 0.249 e. The molecular formula is C89H125F10N5O10. The van der Waals surface area contributed by atoms with Gasteiger partial charge in [0.15, 0.2) is 0 Å². The predicted octanol–water partition coefficient (Wildman–Crippen LogP) is 19.7. The first kappa shape index (κ1) is 98.7. The summed E-state index contributed by atoms with van der Waals surface area (Å²) in [4.78, 5) is 61.8. The summed E-state index contributed by atoms with van der Waals surface area (Å²) in [5.74, 6) is -5.15. The highest BCUT2D eigenvalue weighted by molar-refractivity contribution is 5.83. The number of carbonyl (C=O) groups is 5. The van der Waals surface area contributed by atoms with E-state index in [0.29, 0.717) is 83.6 Å². The molecule has 5 amide bonds. The van der Waals surface area contributed by atoms with E-state index in [2.05, 4.69) is 40.1 Å². The van der Waals surface area contributed by atoms with E-state index in [4.69, 9.17) is 23.7 Å². The van der Waals surface area contributed by atoms with Gasteiger partial charge < -0.3 is 50.3 Å². The molecule has 3 fully saturated rings. The molecule has 5 aromatic carbocycles. The molecule has 0 aliphatic heterocycles. The van der Waals surface area contributed by atoms with Gasteiger partial charge in [0.2, 0.25) is 29.5 Å². The molecule has 7 unspecified atom stereocenters. The molecule has 7 atom stereocenters. The molecule has 5 aromatic rings. The van der Waals surface area contributed by atoms with Crippen LogP contribution in [0.15, 0.2) is 103 Å². The van der Waals surface area contributed by atoms with E-state index in [-0.39, 0.29) is 90.6 Å². The van der Waals surface area contributed by atoms with Crippen molar-refractivity contribution in [1.29, 1.82) is 0 Å². The van der Waals surface area contributed by atoms with Crippen LogP contribution in [0.4, 0.5) is 43.9 Å². The Balaban J connectivity index is 0.000000300. The standard InChI is InChI=1S/C19H27F2NO2.2C18H25F2NO2.C17H25F2NO2.C17H23F2NO2/c1-19(2,3)22-18(23)17(10-13-6-4-5-7-13)24-12-14-8-15(20)11-16(21)9-14;1-11-5-13(11)8-16(17(22)21-18(2,3)4)23-10-12-6-14(19)9-15(20)7-12;1-18(2,3)21-17(22)16(9-12-5-4-6-12)23-11-13-7-14(19)10-15(20)8-13;2*1-11(2)6-15(16(21)20-17(3,4)5)22-10-12-7-13(18)9-14(19)8-12/h8-9,11,13,17H,4-7,10,12H2,1-3H3,(H,22,23);6-7,9,11,13,16H,5,8,10H2,1-4H3,(H,21,22);7-8,10,12,16H,4-6,9,11H2,1-3H3,(H,21,22);7-9,11,15H,6,10H2,1-5H3,(H,20,21);7-9,15H,1,6,10H2,2-5H3,(H,20,21). The summed E-state index contributed by atoms with van der Waals surface area (Å²) in [6, 6.07) is 16.2. The third-order valence-corrected chi connectivity index (χ3v) is 17.6. The molecule has 0 saturated heterocycles. The molecule has 0 heterocycles. The van der Waals surface area contributed by atoms with Crippen molar-refractivity contribution >= 4 is 29.5 Å². The highest BCUT2D eigenvalue weighted by Crippen LogP contribution is 2.42. The van der Waals surface area contributed by atoms with E-state index >= 15 is 0 Å². The number of benzene rings is 5. The summed E-state index contributed by atoms with van der Waals surface area (Å²) in [7, 11) is 0. The van der Waals surface area contributed by atoms with Crippen molar-refractivity contribution in [2.75, 3.05) is 0 Å². The monoisotopic (exact) mass is 1610 g/mol. The third-order valence-electron chi connectivity index (χ3n) is 17.6. The lowest BCUT2D eigenvalue weighted by Crippen LogP contribution is -2.47. The molecule has 0 aromatic heterocycles. The van der Waals surface area contributed by atoms with Gasteiger partial charge in [-0.25, -0.2) is 43.9 Å². The minimum Gasteiger partial charge on any atom is -0.364 e. The predicted molar refractivity (Wildman–Crippen MR) is 423 cm³/mol. The number of ether oxygens (including phenoxy) is 5. The fraction of sp³-hybridized carbons (Fsp3) is 0.584. The third kappa shape index (κ3) is 42.8. The van der Waals surface area contributed by atoms with Crippen LogP contribution >= 0.6 is 0 Å². The van der Waals surface area contributed by atoms with Gasteiger partial charge in [0.05, 0.1) is 33.0 Å². The zero-order valence-corrected chi connectivity index (χ0v) is 70.2. The highest BCUT2D eigenvalue weighted by Gasteiger charge is 2.38. The van der Waals surface area contributed by atoms with Crippen LogP contribution in [0.2, 0.25) is 0 Å². The Hall–Kier alpha value is -7.71. The number of amides is 5. The van der Waals surface area contributed by atoms with E-state index in [1.807, 2.05) is 118 Å². The Kier molecular flexibility index (Phi) is 39.6. The number of hydrogen-bond acceptors (Lipinski definition) is 10. The van der Waals surface area contributed by atoms with Gasteiger partial charge >= 0.3 is 0 Å². The second-order valence-corrected chi connectivity index (χ2v) is 36.0. The van der Waals surface area contributed by atoms with Crippen LogP contribution < -0.4 is 26.6 Å². The van der Waals surface area contributed by atoms with Crippen LogP contribution in [-0.2, 0) is 80.7 Å². The topological polar surface area (TPSA) is 192 Å². The average Bonchev–Trinajstić information content (AvgIpc) is 1.61. The van der Waals surface area contributed by atoms with Gasteiger partial charge in [0.25, 0.3) is 0 Å². The summed E-state index contributed by atoms with van der Waals surface area (Å²) in [6.07, 6.45) is 8.74. The smallest absolute Gasteiger partial charge is 0.249 e. The summed E-state index contributed by atoms with van der Waals surface area (Å²) < 4.78 is 160. The van der Waals surface area contributed by atoms with E-state index in [1.54, 1.807) is 6.92 Å². The van der Waals surface area contributed by atoms with Gasteiger partial charge in [-0.3, -0.25) is 24.0 Å². The van der Waals surface area contributed by atoms with E-state index < -0.39 is 94.2 Å². The first-order valence-electron chi connectivity index (χ1n) is 39.3. The van der Waals surface area contributed by atoms with Crippen molar-refractivity contribution in [2.24, 2.45) is 29.6 Å². The van der Waals surface area contributed by atoms with Crippen LogP contribution in [-0.4, -0.2) is 87.8 Å². The van der Waals surface area contributed by atoms with Crippen molar-refractivity contribution in [3.8, 4) is 0 Å². The van der Waals surface area contributed by atoms with Crippen LogP contribution in [0, 0.1) is 87.8 Å². The zero-order valence-electron chi connectivity index (χ0n) is 70.2. The molecule has 3 aliphatic rings. The molecule has 0 bridgehead atoms. The van der Waals surface area contributed by atoms with Gasteiger partial charge in [-0.1, -0.05) is 71.3 Å². The Bertz CT molecular complexity index is 3700. The SMILES string of the molecule is C=C(C)CC(OCc1cc(F)cc(F)c1)C(=O)NC(C)(C)C.CC(C)(C)NC(=O)C(CC1CCC1)OCc1cc(F)cc(F)c1.CC(C)(C)NC(=O)C(CC1CCCC1)OCc1cc(F)cc(F)c1.CC(C)CC(OCc1cc(F)cc(F)c1)C(=O)NC(C)(C)C.CC1CC1CC(OCc1cc(F)cc(F)c1)C(=O)NC(C)(C)C. The van der Waals surface area contributed by atoms with Crippen LogP contribution in [0.25, 0.3) is 0 Å². The Morgan fingerprint density at radius 1 is 0.360 bits per heavy atom. The molecule has 0 spiro atoms. The van der Waals surface area contributed by atoms with Crippen molar-refractivity contribution in [1.82, 2.24) is 26.6 Å². The fourth-order valence-corrected chi connectivity index (χ4v) is 12.3. The summed E-state index contributed by atoms with van der Waals surface area (Å²) in [5.41, 5.74) is 0.889. The second-order valence-electron chi connectivity index (χ2n) is 36.0. The normalized spacial score (nSPS) is 16.4. The molecule has 25 heteroatoms. The molecule has 114 heavy (non-hydrogen) atoms. The van der Waals surface area contributed by atoms with Crippen LogP contribution in [0.3, 0.4) is 0 Å². The van der Waals surface area contributed by atoms with Gasteiger partial charge in [-0.2, -0.15) is 0 Å². The number of halogens is 10. The summed E-state index contributed by atoms with van der Waals surface area (Å²) in [5, 5.41) is 14.5. The van der Waals surface area contributed by atoms with E-state index in [9.17, 15) is 67.9 Å². The lowest BCUT2D eigenvalue weighted by atomic mass is 9.81. The molecular weight excluding hydrogens is 1490 g/mol. The van der Waals surface area contributed by atoms with Gasteiger partial charge in [-0.05, 0) is 261 Å². The minimum atomic E-state index is -0.747. The van der Waals surface area contributed by atoms with Crippen LogP contribution in [0.1, 0.15) is 243 Å². The second kappa shape index (κ2) is 45.7. The van der Waals surface area contributed by atoms with E-state index in [0.717, 1.165) is 68.0 Å². The van der Waals surface area contributed by atoms with Crippen molar-refractivity contribution in [3.05, 3.63) is 189 Å². The van der Waals surface area contributed by atoms with Gasteiger partial charge in [-0.15, -0.1) is 6.58 Å². The number of hydrogen-bond donors (Lipinski definition) is 5. The minimum absolute atomic E-state index is 0.0103. The molecule has 3 saturated carbocycles. The van der Waals surface area contributed by atoms with Gasteiger partial charge in [0, 0.05) is 64.4 Å². The molecule has 15 nitrogen and oxygen atoms in total. The average molecular weight is 1610 g/mol. The van der Waals surface area contributed by atoms with E-state index in [1.165, 1.54) is 79.9 Å². The van der Waals surface area contributed by atoms with Crippen LogP contribution in [0.5, 0.6) is 0 Å². The molecule has 636 valence electrons. The molecule has 5 N–H and O–H groups in total. The molecule has 8 rings (SSSR count). The Morgan fingerprint density at radius 3 is 0.781 bits per heavy atom. The fourth-order valence-electron chi connectivity index (χ4n) is 12.3. The first-order valence-corrected chi connectivity index (χ1v) is 39.3. The first-order chi connectivity index (χ1) is 52.7. The van der Waals surface area contributed by atoms with Crippen molar-refractivity contribution < 1.29 is 91.6 Å². The van der Waals surface area contributed by atoms with Crippen molar-refractivity contribution in [2.45, 2.75) is 306 Å². The highest BCUT2D eigenvalue weighted by atomic mass is 19.2. The largest absolute Gasteiger partial charge is 0.364 e. The Labute approximate surface area is 669 Å².